The lowest BCUT2D eigenvalue weighted by Gasteiger charge is -2.33. The van der Waals surface area contributed by atoms with Crippen LogP contribution in [0.3, 0.4) is 0 Å². The van der Waals surface area contributed by atoms with E-state index in [0.717, 1.165) is 11.5 Å². The van der Waals surface area contributed by atoms with E-state index in [9.17, 15) is 9.59 Å². The molecule has 0 aromatic carbocycles. The molecule has 0 spiro atoms. The van der Waals surface area contributed by atoms with E-state index in [0.29, 0.717) is 32.7 Å². The Morgan fingerprint density at radius 2 is 2.12 bits per heavy atom. The highest BCUT2D eigenvalue weighted by atomic mass is 16.5. The standard InChI is InChI=1S/C19H24N4O3/c1-21(2)17-7-5-6-15(20-17)16-14-23(12-13-26-16)19(25)9-11-22-10-4-3-8-18(22)24/h3-8,10,16H,9,11-14H2,1-2H3/t16-/m0/s1. The lowest BCUT2D eigenvalue weighted by atomic mass is 10.1. The smallest absolute Gasteiger partial charge is 0.250 e. The van der Waals surface area contributed by atoms with E-state index in [1.165, 1.54) is 6.07 Å². The first kappa shape index (κ1) is 18.1. The van der Waals surface area contributed by atoms with Gasteiger partial charge in [-0.1, -0.05) is 12.1 Å². The summed E-state index contributed by atoms with van der Waals surface area (Å²) in [5.74, 6) is 0.885. The van der Waals surface area contributed by atoms with Gasteiger partial charge in [0.25, 0.3) is 5.56 Å². The van der Waals surface area contributed by atoms with Gasteiger partial charge in [0, 0.05) is 45.9 Å². The van der Waals surface area contributed by atoms with Crippen LogP contribution in [0, 0.1) is 0 Å². The molecule has 0 radical (unpaired) electrons. The number of morpholine rings is 1. The van der Waals surface area contributed by atoms with Crippen molar-refractivity contribution in [2.45, 2.75) is 19.1 Å². The van der Waals surface area contributed by atoms with Crippen molar-refractivity contribution in [1.29, 1.82) is 0 Å². The van der Waals surface area contributed by atoms with Crippen LogP contribution in [0.5, 0.6) is 0 Å². The second-order valence-electron chi connectivity index (χ2n) is 6.50. The molecule has 7 heteroatoms. The summed E-state index contributed by atoms with van der Waals surface area (Å²) in [5.41, 5.74) is 0.734. The molecule has 3 rings (SSSR count). The number of carbonyl (C=O) groups is 1. The molecule has 1 aliphatic rings. The highest BCUT2D eigenvalue weighted by molar-refractivity contribution is 5.76. The molecule has 1 aliphatic heterocycles. The average molecular weight is 356 g/mol. The molecule has 0 N–H and O–H groups in total. The molecule has 2 aromatic heterocycles. The maximum absolute atomic E-state index is 12.6. The van der Waals surface area contributed by atoms with Crippen molar-refractivity contribution in [3.05, 3.63) is 58.6 Å². The first-order valence-corrected chi connectivity index (χ1v) is 8.74. The molecule has 7 nitrogen and oxygen atoms in total. The van der Waals surface area contributed by atoms with Crippen LogP contribution in [0.15, 0.2) is 47.4 Å². The molecule has 138 valence electrons. The van der Waals surface area contributed by atoms with Crippen LogP contribution in [0.1, 0.15) is 18.2 Å². The third-order valence-corrected chi connectivity index (χ3v) is 4.43. The highest BCUT2D eigenvalue weighted by Gasteiger charge is 2.26. The number of rotatable bonds is 5. The van der Waals surface area contributed by atoms with Gasteiger partial charge >= 0.3 is 0 Å². The van der Waals surface area contributed by atoms with Crippen molar-refractivity contribution < 1.29 is 9.53 Å². The van der Waals surface area contributed by atoms with Crippen molar-refractivity contribution >= 4 is 11.7 Å². The fraction of sp³-hybridized carbons (Fsp3) is 0.421. The third-order valence-electron chi connectivity index (χ3n) is 4.43. The number of ether oxygens (including phenoxy) is 1. The highest BCUT2D eigenvalue weighted by Crippen LogP contribution is 2.22. The molecule has 0 bridgehead atoms. The van der Waals surface area contributed by atoms with Crippen LogP contribution in [-0.2, 0) is 16.1 Å². The maximum Gasteiger partial charge on any atom is 0.250 e. The minimum atomic E-state index is -0.230. The molecule has 0 aliphatic carbocycles. The normalized spacial score (nSPS) is 17.2. The van der Waals surface area contributed by atoms with E-state index in [1.54, 1.807) is 27.8 Å². The molecule has 1 saturated heterocycles. The number of amides is 1. The van der Waals surface area contributed by atoms with Crippen molar-refractivity contribution in [1.82, 2.24) is 14.5 Å². The Balaban J connectivity index is 1.63. The minimum absolute atomic E-state index is 0.0258. The average Bonchev–Trinajstić information content (AvgIpc) is 2.67. The Bertz CT molecular complexity index is 818. The molecule has 26 heavy (non-hydrogen) atoms. The van der Waals surface area contributed by atoms with Gasteiger partial charge in [-0.25, -0.2) is 4.98 Å². The number of nitrogens with zero attached hydrogens (tertiary/aromatic N) is 4. The van der Waals surface area contributed by atoms with E-state index in [4.69, 9.17) is 4.74 Å². The summed E-state index contributed by atoms with van der Waals surface area (Å²) in [7, 11) is 3.88. The van der Waals surface area contributed by atoms with E-state index < -0.39 is 0 Å². The first-order chi connectivity index (χ1) is 12.5. The summed E-state index contributed by atoms with van der Waals surface area (Å²) in [6.45, 7) is 1.91. The molecule has 1 fully saturated rings. The summed E-state index contributed by atoms with van der Waals surface area (Å²) in [5, 5.41) is 0. The molecule has 1 atom stereocenters. The quantitative estimate of drug-likeness (QED) is 0.808. The summed E-state index contributed by atoms with van der Waals surface area (Å²) in [6.07, 6.45) is 1.77. The number of aryl methyl sites for hydroxylation is 1. The molecular weight excluding hydrogens is 332 g/mol. The zero-order valence-electron chi connectivity index (χ0n) is 15.2. The van der Waals surface area contributed by atoms with Gasteiger partial charge in [0.05, 0.1) is 18.8 Å². The Labute approximate surface area is 152 Å². The molecular formula is C19H24N4O3. The number of hydrogen-bond donors (Lipinski definition) is 0. The number of anilines is 1. The van der Waals surface area contributed by atoms with Crippen LogP contribution in [-0.4, -0.2) is 54.1 Å². The lowest BCUT2D eigenvalue weighted by molar-refractivity contribution is -0.139. The van der Waals surface area contributed by atoms with E-state index in [1.807, 2.05) is 37.2 Å². The van der Waals surface area contributed by atoms with Crippen LogP contribution in [0.4, 0.5) is 5.82 Å². The van der Waals surface area contributed by atoms with Gasteiger partial charge in [-0.3, -0.25) is 9.59 Å². The number of hydrogen-bond acceptors (Lipinski definition) is 5. The van der Waals surface area contributed by atoms with Crippen molar-refractivity contribution in [2.24, 2.45) is 0 Å². The van der Waals surface area contributed by atoms with Crippen molar-refractivity contribution in [3.63, 3.8) is 0 Å². The largest absolute Gasteiger partial charge is 0.368 e. The third kappa shape index (κ3) is 4.29. The van der Waals surface area contributed by atoms with Gasteiger partial charge in [0.15, 0.2) is 0 Å². The molecule has 0 unspecified atom stereocenters. The lowest BCUT2D eigenvalue weighted by Crippen LogP contribution is -2.43. The summed E-state index contributed by atoms with van der Waals surface area (Å²) < 4.78 is 7.38. The number of aromatic nitrogens is 2. The minimum Gasteiger partial charge on any atom is -0.368 e. The fourth-order valence-electron chi connectivity index (χ4n) is 2.94. The summed E-state index contributed by atoms with van der Waals surface area (Å²) in [6, 6.07) is 10.8. The Morgan fingerprint density at radius 1 is 1.27 bits per heavy atom. The summed E-state index contributed by atoms with van der Waals surface area (Å²) in [4.78, 5) is 32.6. The molecule has 0 saturated carbocycles. The maximum atomic E-state index is 12.6. The first-order valence-electron chi connectivity index (χ1n) is 8.74. The van der Waals surface area contributed by atoms with Gasteiger partial charge in [-0.2, -0.15) is 0 Å². The van der Waals surface area contributed by atoms with Gasteiger partial charge < -0.3 is 19.1 Å². The van der Waals surface area contributed by atoms with E-state index >= 15 is 0 Å². The van der Waals surface area contributed by atoms with Gasteiger partial charge in [0.1, 0.15) is 11.9 Å². The molecule has 2 aromatic rings. The SMILES string of the molecule is CN(C)c1cccc([C@@H]2CN(C(=O)CCn3ccccc3=O)CCO2)n1. The zero-order valence-corrected chi connectivity index (χ0v) is 15.2. The fourth-order valence-corrected chi connectivity index (χ4v) is 2.94. The van der Waals surface area contributed by atoms with Gasteiger partial charge in [0.2, 0.25) is 5.91 Å². The monoisotopic (exact) mass is 356 g/mol. The number of carbonyl (C=O) groups excluding carboxylic acids is 1. The van der Waals surface area contributed by atoms with Crippen molar-refractivity contribution in [2.75, 3.05) is 38.7 Å². The predicted molar refractivity (Wildman–Crippen MR) is 99.2 cm³/mol. The number of pyridine rings is 2. The molecule has 3 heterocycles. The van der Waals surface area contributed by atoms with E-state index in [2.05, 4.69) is 4.98 Å². The van der Waals surface area contributed by atoms with Crippen molar-refractivity contribution in [3.8, 4) is 0 Å². The second-order valence-corrected chi connectivity index (χ2v) is 6.50. The van der Waals surface area contributed by atoms with E-state index in [-0.39, 0.29) is 17.6 Å². The van der Waals surface area contributed by atoms with Crippen LogP contribution in [0.25, 0.3) is 0 Å². The topological polar surface area (TPSA) is 67.7 Å². The van der Waals surface area contributed by atoms with Gasteiger partial charge in [-0.15, -0.1) is 0 Å². The summed E-state index contributed by atoms with van der Waals surface area (Å²) >= 11 is 0. The second kappa shape index (κ2) is 8.14. The van der Waals surface area contributed by atoms with Crippen LogP contribution < -0.4 is 10.5 Å². The Hall–Kier alpha value is -2.67. The van der Waals surface area contributed by atoms with Crippen LogP contribution in [0.2, 0.25) is 0 Å². The van der Waals surface area contributed by atoms with Gasteiger partial charge in [-0.05, 0) is 18.2 Å². The zero-order chi connectivity index (χ0) is 18.5. The predicted octanol–water partition coefficient (Wildman–Crippen LogP) is 1.30. The Kier molecular flexibility index (Phi) is 5.68. The molecule has 1 amide bonds. The Morgan fingerprint density at radius 3 is 2.88 bits per heavy atom. The van der Waals surface area contributed by atoms with Crippen LogP contribution >= 0.6 is 0 Å².